The first kappa shape index (κ1) is 15.6. The van der Waals surface area contributed by atoms with Crippen molar-refractivity contribution in [2.75, 3.05) is 0 Å². The average Bonchev–Trinajstić information content (AvgIpc) is 2.52. The van der Waals surface area contributed by atoms with Gasteiger partial charge in [0.15, 0.2) is 0 Å². The SMILES string of the molecule is Cc1ccc(S(=O)(=O)N=C2C=C(Cl)C(=O)c3ccccc32)cc1. The van der Waals surface area contributed by atoms with Gasteiger partial charge >= 0.3 is 0 Å². The first-order valence-electron chi connectivity index (χ1n) is 6.81. The number of allylic oxidation sites excluding steroid dienone is 2. The van der Waals surface area contributed by atoms with E-state index < -0.39 is 10.0 Å². The van der Waals surface area contributed by atoms with Gasteiger partial charge in [-0.25, -0.2) is 0 Å². The molecule has 116 valence electrons. The molecule has 0 unspecified atom stereocenters. The summed E-state index contributed by atoms with van der Waals surface area (Å²) in [6.07, 6.45) is 1.29. The lowest BCUT2D eigenvalue weighted by atomic mass is 9.94. The molecule has 0 atom stereocenters. The number of nitrogens with zero attached hydrogens (tertiary/aromatic N) is 1. The fourth-order valence-electron chi connectivity index (χ4n) is 2.26. The molecule has 3 rings (SSSR count). The van der Waals surface area contributed by atoms with Gasteiger partial charge in [0.1, 0.15) is 0 Å². The van der Waals surface area contributed by atoms with Gasteiger partial charge in [-0.2, -0.15) is 12.8 Å². The molecule has 23 heavy (non-hydrogen) atoms. The summed E-state index contributed by atoms with van der Waals surface area (Å²) in [5, 5.41) is -0.0541. The summed E-state index contributed by atoms with van der Waals surface area (Å²) in [7, 11) is -3.89. The van der Waals surface area contributed by atoms with Crippen molar-refractivity contribution in [1.82, 2.24) is 0 Å². The monoisotopic (exact) mass is 345 g/mol. The van der Waals surface area contributed by atoms with Crippen LogP contribution in [0.5, 0.6) is 0 Å². The Balaban J connectivity index is 2.15. The summed E-state index contributed by atoms with van der Waals surface area (Å²) in [6.45, 7) is 1.87. The number of hydrogen-bond acceptors (Lipinski definition) is 3. The van der Waals surface area contributed by atoms with Crippen molar-refractivity contribution in [3.8, 4) is 0 Å². The van der Waals surface area contributed by atoms with Gasteiger partial charge in [0, 0.05) is 11.1 Å². The first-order chi connectivity index (χ1) is 10.9. The Kier molecular flexibility index (Phi) is 3.92. The summed E-state index contributed by atoms with van der Waals surface area (Å²) in [5.41, 5.74) is 1.91. The quantitative estimate of drug-likeness (QED) is 0.836. The van der Waals surface area contributed by atoms with Crippen molar-refractivity contribution in [1.29, 1.82) is 0 Å². The van der Waals surface area contributed by atoms with E-state index in [1.54, 1.807) is 36.4 Å². The van der Waals surface area contributed by atoms with E-state index in [1.165, 1.54) is 18.2 Å². The third-order valence-corrected chi connectivity index (χ3v) is 5.05. The number of halogens is 1. The molecule has 0 fully saturated rings. The number of benzene rings is 2. The standard InChI is InChI=1S/C17H12ClNO3S/c1-11-6-8-12(9-7-11)23(21,22)19-16-10-15(18)17(20)14-5-3-2-4-13(14)16/h2-10H,1H3. The minimum atomic E-state index is -3.89. The van der Waals surface area contributed by atoms with Crippen molar-refractivity contribution in [3.05, 3.63) is 76.3 Å². The van der Waals surface area contributed by atoms with Crippen molar-refractivity contribution in [2.24, 2.45) is 4.40 Å². The van der Waals surface area contributed by atoms with Crippen LogP contribution in [-0.4, -0.2) is 19.9 Å². The first-order valence-corrected chi connectivity index (χ1v) is 8.63. The van der Waals surface area contributed by atoms with Gasteiger partial charge in [-0.05, 0) is 25.1 Å². The van der Waals surface area contributed by atoms with Crippen molar-refractivity contribution in [3.63, 3.8) is 0 Å². The van der Waals surface area contributed by atoms with Gasteiger partial charge in [0.05, 0.1) is 15.6 Å². The molecule has 0 radical (unpaired) electrons. The zero-order chi connectivity index (χ0) is 16.6. The summed E-state index contributed by atoms with van der Waals surface area (Å²) in [5.74, 6) is -0.339. The zero-order valence-corrected chi connectivity index (χ0v) is 13.7. The maximum absolute atomic E-state index is 12.5. The molecule has 0 aliphatic heterocycles. The molecular formula is C17H12ClNO3S. The van der Waals surface area contributed by atoms with E-state index in [0.29, 0.717) is 11.1 Å². The van der Waals surface area contributed by atoms with E-state index in [9.17, 15) is 13.2 Å². The second kappa shape index (κ2) is 5.76. The Morgan fingerprint density at radius 2 is 1.57 bits per heavy atom. The molecular weight excluding hydrogens is 334 g/mol. The summed E-state index contributed by atoms with van der Waals surface area (Å²) >= 11 is 5.92. The lowest BCUT2D eigenvalue weighted by Gasteiger charge is -2.14. The molecule has 0 N–H and O–H groups in total. The van der Waals surface area contributed by atoms with Gasteiger partial charge < -0.3 is 0 Å². The van der Waals surface area contributed by atoms with Crippen molar-refractivity contribution < 1.29 is 13.2 Å². The number of sulfonamides is 1. The van der Waals surface area contributed by atoms with Gasteiger partial charge in [0.25, 0.3) is 10.0 Å². The van der Waals surface area contributed by atoms with E-state index in [-0.39, 0.29) is 21.4 Å². The fourth-order valence-corrected chi connectivity index (χ4v) is 3.46. The molecule has 0 saturated carbocycles. The van der Waals surface area contributed by atoms with Gasteiger partial charge in [0.2, 0.25) is 5.78 Å². The number of hydrogen-bond donors (Lipinski definition) is 0. The molecule has 6 heteroatoms. The highest BCUT2D eigenvalue weighted by Gasteiger charge is 2.24. The molecule has 1 aliphatic rings. The highest BCUT2D eigenvalue weighted by molar-refractivity contribution is 7.90. The fraction of sp³-hybridized carbons (Fsp3) is 0.0588. The summed E-state index contributed by atoms with van der Waals surface area (Å²) in [6, 6.07) is 13.1. The maximum Gasteiger partial charge on any atom is 0.282 e. The largest absolute Gasteiger partial charge is 0.288 e. The van der Waals surface area contributed by atoms with Crippen LogP contribution in [0.1, 0.15) is 21.5 Å². The molecule has 0 bridgehead atoms. The molecule has 2 aromatic carbocycles. The van der Waals surface area contributed by atoms with E-state index in [2.05, 4.69) is 4.40 Å². The second-order valence-corrected chi connectivity index (χ2v) is 7.14. The maximum atomic E-state index is 12.5. The minimum absolute atomic E-state index is 0.0541. The molecule has 1 aliphatic carbocycles. The Hall–Kier alpha value is -2.24. The molecule has 2 aromatic rings. The molecule has 4 nitrogen and oxygen atoms in total. The van der Waals surface area contributed by atoms with Crippen LogP contribution in [0.4, 0.5) is 0 Å². The van der Waals surface area contributed by atoms with Crippen LogP contribution >= 0.6 is 11.6 Å². The van der Waals surface area contributed by atoms with Crippen LogP contribution in [0.3, 0.4) is 0 Å². The van der Waals surface area contributed by atoms with Crippen LogP contribution in [0.2, 0.25) is 0 Å². The van der Waals surface area contributed by atoms with Gasteiger partial charge in [-0.1, -0.05) is 53.6 Å². The normalized spacial score (nSPS) is 16.2. The zero-order valence-electron chi connectivity index (χ0n) is 12.2. The number of ketones is 1. The van der Waals surface area contributed by atoms with Crippen molar-refractivity contribution in [2.45, 2.75) is 11.8 Å². The van der Waals surface area contributed by atoms with Crippen LogP contribution in [0.15, 0.2) is 68.9 Å². The highest BCUT2D eigenvalue weighted by Crippen LogP contribution is 2.25. The Labute approximate surface area is 139 Å². The van der Waals surface area contributed by atoms with E-state index in [4.69, 9.17) is 11.6 Å². The third kappa shape index (κ3) is 2.98. The Bertz CT molecular complexity index is 958. The minimum Gasteiger partial charge on any atom is -0.288 e. The Morgan fingerprint density at radius 3 is 2.22 bits per heavy atom. The van der Waals surface area contributed by atoms with Crippen LogP contribution in [0, 0.1) is 6.92 Å². The highest BCUT2D eigenvalue weighted by atomic mass is 35.5. The topological polar surface area (TPSA) is 63.6 Å². The van der Waals surface area contributed by atoms with Crippen LogP contribution in [-0.2, 0) is 10.0 Å². The smallest absolute Gasteiger partial charge is 0.282 e. The van der Waals surface area contributed by atoms with Gasteiger partial charge in [-0.3, -0.25) is 4.79 Å². The lowest BCUT2D eigenvalue weighted by molar-refractivity contribution is 0.104. The predicted octanol–water partition coefficient (Wildman–Crippen LogP) is 3.49. The summed E-state index contributed by atoms with van der Waals surface area (Å²) < 4.78 is 28.8. The van der Waals surface area contributed by atoms with E-state index in [1.807, 2.05) is 6.92 Å². The number of carbonyl (C=O) groups is 1. The molecule has 0 saturated heterocycles. The van der Waals surface area contributed by atoms with Crippen LogP contribution < -0.4 is 0 Å². The summed E-state index contributed by atoms with van der Waals surface area (Å²) in [4.78, 5) is 12.1. The van der Waals surface area contributed by atoms with Crippen LogP contribution in [0.25, 0.3) is 0 Å². The number of fused-ring (bicyclic) bond motifs is 1. The molecule has 0 heterocycles. The molecule has 0 amide bonds. The molecule has 0 spiro atoms. The lowest BCUT2D eigenvalue weighted by Crippen LogP contribution is -2.16. The third-order valence-electron chi connectivity index (χ3n) is 3.47. The van der Waals surface area contributed by atoms with E-state index in [0.717, 1.165) is 5.56 Å². The Morgan fingerprint density at radius 1 is 0.957 bits per heavy atom. The van der Waals surface area contributed by atoms with E-state index >= 15 is 0 Å². The number of carbonyl (C=O) groups excluding carboxylic acids is 1. The molecule has 0 aromatic heterocycles. The average molecular weight is 346 g/mol. The van der Waals surface area contributed by atoms with Gasteiger partial charge in [-0.15, -0.1) is 0 Å². The number of aryl methyl sites for hydroxylation is 1. The number of Topliss-reactive ketones (excluding diaryl/α,β-unsaturated/α-hetero) is 1. The predicted molar refractivity (Wildman–Crippen MR) is 89.6 cm³/mol. The van der Waals surface area contributed by atoms with Crippen molar-refractivity contribution >= 4 is 33.1 Å². The second-order valence-electron chi connectivity index (χ2n) is 5.13. The number of rotatable bonds is 2.